The van der Waals surface area contributed by atoms with Crippen molar-refractivity contribution in [1.29, 1.82) is 0 Å². The van der Waals surface area contributed by atoms with Crippen LogP contribution in [-0.2, 0) is 14.9 Å². The number of hydrogen-bond acceptors (Lipinski definition) is 4. The normalized spacial score (nSPS) is 19.7. The molecule has 1 heterocycles. The first-order chi connectivity index (χ1) is 5.47. The van der Waals surface area contributed by atoms with Gasteiger partial charge in [0.2, 0.25) is 0 Å². The summed E-state index contributed by atoms with van der Waals surface area (Å²) in [6, 6.07) is -1.11. The molecule has 1 aliphatic heterocycles. The first-order valence-corrected chi connectivity index (χ1v) is 4.31. The molecule has 1 N–H and O–H groups in total. The summed E-state index contributed by atoms with van der Waals surface area (Å²) in [6.45, 7) is 0. The average Bonchev–Trinajstić information content (AvgIpc) is 1.99. The first kappa shape index (κ1) is 12.7. The topological polar surface area (TPSA) is 88.1 Å². The van der Waals surface area contributed by atoms with Crippen LogP contribution in [0.5, 0.6) is 0 Å². The number of carbonyl (C=O) groups excluding carboxylic acids is 1. The molecule has 0 aliphatic carbocycles. The minimum atomic E-state index is -3.89. The van der Waals surface area contributed by atoms with Gasteiger partial charge >= 0.3 is 22.3 Å². The van der Waals surface area contributed by atoms with Crippen LogP contribution in [0.3, 0.4) is 0 Å². The van der Waals surface area contributed by atoms with Crippen LogP contribution in [-0.4, -0.2) is 68.5 Å². The Balaban J connectivity index is 0.00000144. The van der Waals surface area contributed by atoms with E-state index in [2.05, 4.69) is 14.5 Å². The number of ether oxygens (including phenoxy) is 1. The minimum Gasteiger partial charge on any atom is -0.468 e. The summed E-state index contributed by atoms with van der Waals surface area (Å²) in [7, 11) is -1.58. The third-order valence-corrected chi connectivity index (χ3v) is 2.49. The second-order valence-electron chi connectivity index (χ2n) is 1.98. The molecule has 7 nitrogen and oxygen atoms in total. The summed E-state index contributed by atoms with van der Waals surface area (Å²) >= 11 is 0. The Morgan fingerprint density at radius 3 is 2.46 bits per heavy atom. The standard InChI is InChI=1S/C4H7N3O4S.Na/c1-7-4(8)5-3(11-2)6-12(7,9)10;/h1-2H3,(H,5,6,8);. The van der Waals surface area contributed by atoms with Crippen molar-refractivity contribution >= 4 is 51.8 Å². The largest absolute Gasteiger partial charge is 0.468 e. The molecule has 0 saturated carbocycles. The van der Waals surface area contributed by atoms with Crippen molar-refractivity contribution in [2.45, 2.75) is 0 Å². The maximum Gasteiger partial charge on any atom is 0.352 e. The van der Waals surface area contributed by atoms with Crippen LogP contribution in [0.2, 0.25) is 0 Å². The Morgan fingerprint density at radius 2 is 2.08 bits per heavy atom. The molecule has 0 fully saturated rings. The van der Waals surface area contributed by atoms with E-state index < -0.39 is 16.2 Å². The third-order valence-electron chi connectivity index (χ3n) is 1.24. The van der Waals surface area contributed by atoms with Gasteiger partial charge in [-0.15, -0.1) is 0 Å². The van der Waals surface area contributed by atoms with Crippen LogP contribution in [0.15, 0.2) is 4.40 Å². The zero-order valence-corrected chi connectivity index (χ0v) is 10.3. The molecule has 0 aromatic carbocycles. The van der Waals surface area contributed by atoms with Gasteiger partial charge < -0.3 is 4.74 Å². The summed E-state index contributed by atoms with van der Waals surface area (Å²) in [5.74, 6) is 0. The number of hydrogen-bond donors (Lipinski definition) is 1. The number of rotatable bonds is 0. The van der Waals surface area contributed by atoms with Gasteiger partial charge in [-0.05, 0) is 0 Å². The van der Waals surface area contributed by atoms with Crippen molar-refractivity contribution in [1.82, 2.24) is 9.62 Å². The summed E-state index contributed by atoms with van der Waals surface area (Å²) < 4.78 is 30.0. The minimum absolute atomic E-state index is 0. The number of amides is 2. The molecule has 1 aliphatic rings. The van der Waals surface area contributed by atoms with E-state index in [1.54, 1.807) is 0 Å². The second kappa shape index (κ2) is 4.27. The van der Waals surface area contributed by atoms with E-state index in [0.29, 0.717) is 4.31 Å². The molecule has 0 bridgehead atoms. The van der Waals surface area contributed by atoms with Crippen molar-refractivity contribution in [3.8, 4) is 0 Å². The van der Waals surface area contributed by atoms with E-state index in [1.165, 1.54) is 7.11 Å². The summed E-state index contributed by atoms with van der Waals surface area (Å²) in [5, 5.41) is 2.11. The Labute approximate surface area is 97.6 Å². The van der Waals surface area contributed by atoms with E-state index in [4.69, 9.17) is 0 Å². The van der Waals surface area contributed by atoms with Gasteiger partial charge in [0.1, 0.15) is 0 Å². The zero-order chi connectivity index (χ0) is 9.35. The van der Waals surface area contributed by atoms with Gasteiger partial charge in [0.25, 0.3) is 0 Å². The Bertz CT molecular complexity index is 337. The fraction of sp³-hybridized carbons (Fsp3) is 0.500. The van der Waals surface area contributed by atoms with Crippen LogP contribution < -0.4 is 5.32 Å². The van der Waals surface area contributed by atoms with Gasteiger partial charge in [0, 0.05) is 36.6 Å². The molecular weight excluding hydrogens is 209 g/mol. The van der Waals surface area contributed by atoms with E-state index in [-0.39, 0.29) is 35.6 Å². The van der Waals surface area contributed by atoms with Crippen LogP contribution >= 0.6 is 0 Å². The molecule has 0 atom stereocenters. The van der Waals surface area contributed by atoms with Crippen LogP contribution in [0, 0.1) is 0 Å². The quantitative estimate of drug-likeness (QED) is 0.499. The fourth-order valence-corrected chi connectivity index (χ4v) is 1.26. The maximum atomic E-state index is 11.0. The number of nitrogens with zero attached hydrogens (tertiary/aromatic N) is 2. The smallest absolute Gasteiger partial charge is 0.352 e. The summed E-state index contributed by atoms with van der Waals surface area (Å²) in [4.78, 5) is 10.9. The van der Waals surface area contributed by atoms with Gasteiger partial charge in [-0.1, -0.05) is 4.40 Å². The Hall–Kier alpha value is -0.310. The Morgan fingerprint density at radius 1 is 1.54 bits per heavy atom. The zero-order valence-electron chi connectivity index (χ0n) is 7.44. The van der Waals surface area contributed by atoms with Crippen molar-refractivity contribution in [2.75, 3.05) is 14.2 Å². The summed E-state index contributed by atoms with van der Waals surface area (Å²) in [6.07, 6.45) is 0. The SMILES string of the molecule is COC1=NS(=O)(=O)N(C)C(=O)N1.[Na]. The van der Waals surface area contributed by atoms with Gasteiger partial charge in [-0.25, -0.2) is 9.10 Å². The molecule has 1 rings (SSSR count). The van der Waals surface area contributed by atoms with Gasteiger partial charge in [0.05, 0.1) is 7.11 Å². The van der Waals surface area contributed by atoms with Crippen molar-refractivity contribution in [3.63, 3.8) is 0 Å². The predicted octanol–water partition coefficient (Wildman–Crippen LogP) is -1.49. The van der Waals surface area contributed by atoms with Crippen molar-refractivity contribution < 1.29 is 17.9 Å². The maximum absolute atomic E-state index is 11.0. The van der Waals surface area contributed by atoms with E-state index >= 15 is 0 Å². The van der Waals surface area contributed by atoms with Crippen LogP contribution in [0.25, 0.3) is 0 Å². The molecule has 2 amide bonds. The van der Waals surface area contributed by atoms with Crippen LogP contribution in [0.4, 0.5) is 4.79 Å². The average molecular weight is 216 g/mol. The first-order valence-electron chi connectivity index (χ1n) is 2.91. The molecule has 1 radical (unpaired) electrons. The van der Waals surface area contributed by atoms with E-state index in [0.717, 1.165) is 7.05 Å². The van der Waals surface area contributed by atoms with Crippen LogP contribution in [0.1, 0.15) is 0 Å². The molecule has 9 heteroatoms. The molecule has 69 valence electrons. The fourth-order valence-electron chi connectivity index (χ4n) is 0.552. The van der Waals surface area contributed by atoms with Crippen molar-refractivity contribution in [3.05, 3.63) is 0 Å². The number of carbonyl (C=O) groups is 1. The Kier molecular flexibility index (Phi) is 4.17. The molecule has 0 aromatic heterocycles. The molecule has 0 spiro atoms. The number of methoxy groups -OCH3 is 1. The van der Waals surface area contributed by atoms with Gasteiger partial charge in [-0.2, -0.15) is 8.42 Å². The molecule has 13 heavy (non-hydrogen) atoms. The molecular formula is C4H7N3NaO4S. The van der Waals surface area contributed by atoms with E-state index in [1.807, 2.05) is 0 Å². The summed E-state index contributed by atoms with van der Waals surface area (Å²) in [5.41, 5.74) is 0. The third kappa shape index (κ3) is 2.56. The monoisotopic (exact) mass is 216 g/mol. The molecule has 0 saturated heterocycles. The predicted molar refractivity (Wildman–Crippen MR) is 45.4 cm³/mol. The number of urea groups is 1. The van der Waals surface area contributed by atoms with Gasteiger partial charge in [-0.3, -0.25) is 5.32 Å². The molecule has 0 unspecified atom stereocenters. The van der Waals surface area contributed by atoms with E-state index in [9.17, 15) is 13.2 Å². The van der Waals surface area contributed by atoms with Gasteiger partial charge in [0.15, 0.2) is 0 Å². The second-order valence-corrected chi connectivity index (χ2v) is 3.60. The van der Waals surface area contributed by atoms with Crippen molar-refractivity contribution in [2.24, 2.45) is 4.40 Å². The number of nitrogens with one attached hydrogen (secondary N) is 1. The number of amidine groups is 1. The molecule has 0 aromatic rings.